The summed E-state index contributed by atoms with van der Waals surface area (Å²) < 4.78 is 0. The number of rotatable bonds is 3. The molecule has 2 aromatic carbocycles. The quantitative estimate of drug-likeness (QED) is 0.846. The number of nitriles is 1. The molecule has 0 bridgehead atoms. The van der Waals surface area contributed by atoms with E-state index in [9.17, 15) is 4.79 Å². The maximum Gasteiger partial charge on any atom is 0.310 e. The Morgan fingerprint density at radius 1 is 1.19 bits per heavy atom. The van der Waals surface area contributed by atoms with Crippen LogP contribution in [0.3, 0.4) is 0 Å². The third kappa shape index (κ3) is 2.46. The van der Waals surface area contributed by atoms with Crippen molar-refractivity contribution in [2.45, 2.75) is 12.5 Å². The van der Waals surface area contributed by atoms with Crippen LogP contribution in [0.2, 0.25) is 0 Å². The van der Waals surface area contributed by atoms with Gasteiger partial charge in [-0.15, -0.1) is 0 Å². The van der Waals surface area contributed by atoms with Crippen LogP contribution >= 0.6 is 0 Å². The smallest absolute Gasteiger partial charge is 0.310 e. The van der Waals surface area contributed by atoms with E-state index in [1.807, 2.05) is 36.4 Å². The molecule has 4 nitrogen and oxygen atoms in total. The molecule has 2 unspecified atom stereocenters. The number of benzene rings is 2. The van der Waals surface area contributed by atoms with Gasteiger partial charge in [0.1, 0.15) is 0 Å². The second-order valence-electron chi connectivity index (χ2n) is 5.13. The fourth-order valence-electron chi connectivity index (χ4n) is 2.71. The molecule has 0 fully saturated rings. The van der Waals surface area contributed by atoms with Crippen molar-refractivity contribution in [1.29, 1.82) is 5.26 Å². The van der Waals surface area contributed by atoms with Crippen molar-refractivity contribution in [1.82, 2.24) is 0 Å². The minimum atomic E-state index is -0.791. The maximum absolute atomic E-state index is 11.0. The molecule has 0 amide bonds. The molecule has 0 aliphatic heterocycles. The monoisotopic (exact) mass is 278 g/mol. The Labute approximate surface area is 122 Å². The Kier molecular flexibility index (Phi) is 3.33. The number of carbonyl (C=O) groups is 1. The molecule has 1 aliphatic rings. The number of nitrogens with zero attached hydrogens (tertiary/aromatic N) is 1. The van der Waals surface area contributed by atoms with Crippen molar-refractivity contribution in [3.05, 3.63) is 54.1 Å². The highest BCUT2D eigenvalue weighted by Gasteiger charge is 2.24. The van der Waals surface area contributed by atoms with Crippen LogP contribution in [-0.2, 0) is 4.79 Å². The molecule has 4 heteroatoms. The Bertz CT molecular complexity index is 774. The summed E-state index contributed by atoms with van der Waals surface area (Å²) in [6.07, 6.45) is 4.17. The van der Waals surface area contributed by atoms with E-state index < -0.39 is 11.9 Å². The summed E-state index contributed by atoms with van der Waals surface area (Å²) in [5, 5.41) is 23.4. The molecule has 0 spiro atoms. The van der Waals surface area contributed by atoms with E-state index in [1.54, 1.807) is 12.1 Å². The number of hydrogen-bond donors (Lipinski definition) is 2. The highest BCUT2D eigenvalue weighted by atomic mass is 16.4. The highest BCUT2D eigenvalue weighted by molar-refractivity contribution is 5.97. The average molecular weight is 278 g/mol. The summed E-state index contributed by atoms with van der Waals surface area (Å²) in [5.74, 6) is -1.22. The number of aliphatic carboxylic acids is 1. The first-order valence-electron chi connectivity index (χ1n) is 6.78. The third-order valence-electron chi connectivity index (χ3n) is 3.79. The van der Waals surface area contributed by atoms with Crippen molar-refractivity contribution in [3.63, 3.8) is 0 Å². The molecule has 2 atom stereocenters. The van der Waals surface area contributed by atoms with Crippen molar-refractivity contribution >= 4 is 22.4 Å². The van der Waals surface area contributed by atoms with Crippen molar-refractivity contribution in [2.75, 3.05) is 5.32 Å². The molecule has 2 aromatic rings. The maximum atomic E-state index is 11.0. The number of nitrogens with one attached hydrogen (secondary N) is 1. The molecule has 0 radical (unpaired) electrons. The number of hydrogen-bond acceptors (Lipinski definition) is 3. The van der Waals surface area contributed by atoms with Gasteiger partial charge in [-0.2, -0.15) is 5.26 Å². The lowest BCUT2D eigenvalue weighted by Gasteiger charge is -2.16. The number of fused-ring (bicyclic) bond motifs is 1. The van der Waals surface area contributed by atoms with Gasteiger partial charge in [0.05, 0.1) is 17.6 Å². The zero-order valence-corrected chi connectivity index (χ0v) is 11.3. The first-order valence-corrected chi connectivity index (χ1v) is 6.78. The van der Waals surface area contributed by atoms with E-state index in [4.69, 9.17) is 10.4 Å². The second-order valence-corrected chi connectivity index (χ2v) is 5.13. The van der Waals surface area contributed by atoms with Crippen molar-refractivity contribution in [3.8, 4) is 6.07 Å². The molecule has 1 aliphatic carbocycles. The van der Waals surface area contributed by atoms with Gasteiger partial charge in [-0.05, 0) is 18.6 Å². The van der Waals surface area contributed by atoms with Crippen LogP contribution in [0, 0.1) is 17.2 Å². The Morgan fingerprint density at radius 2 is 1.95 bits per heavy atom. The minimum absolute atomic E-state index is 0.00226. The predicted octanol–water partition coefficient (Wildman–Crippen LogP) is 3.15. The molecule has 0 saturated carbocycles. The molecular formula is C17H14N2O2. The van der Waals surface area contributed by atoms with Crippen LogP contribution < -0.4 is 5.32 Å². The average Bonchev–Trinajstić information content (AvgIpc) is 2.96. The lowest BCUT2D eigenvalue weighted by Crippen LogP contribution is -2.18. The van der Waals surface area contributed by atoms with Gasteiger partial charge in [-0.3, -0.25) is 4.79 Å². The minimum Gasteiger partial charge on any atom is -0.481 e. The fraction of sp³-hybridized carbons (Fsp3) is 0.176. The summed E-state index contributed by atoms with van der Waals surface area (Å²) in [4.78, 5) is 11.0. The van der Waals surface area contributed by atoms with Crippen LogP contribution in [0.1, 0.15) is 12.0 Å². The van der Waals surface area contributed by atoms with E-state index >= 15 is 0 Å². The lowest BCUT2D eigenvalue weighted by atomic mass is 10.0. The molecule has 2 N–H and O–H groups in total. The Morgan fingerprint density at radius 3 is 2.62 bits per heavy atom. The Hall–Kier alpha value is -2.80. The zero-order chi connectivity index (χ0) is 14.8. The van der Waals surface area contributed by atoms with Crippen LogP contribution in [0.4, 0.5) is 5.69 Å². The van der Waals surface area contributed by atoms with Crippen LogP contribution in [-0.4, -0.2) is 17.1 Å². The molecule has 104 valence electrons. The number of anilines is 1. The van der Waals surface area contributed by atoms with Crippen LogP contribution in [0.15, 0.2) is 48.6 Å². The molecule has 3 rings (SSSR count). The Balaban J connectivity index is 1.91. The molecule has 21 heavy (non-hydrogen) atoms. The van der Waals surface area contributed by atoms with E-state index in [1.165, 1.54) is 0 Å². The fourth-order valence-corrected chi connectivity index (χ4v) is 2.71. The first-order chi connectivity index (χ1) is 10.2. The molecule has 0 saturated heterocycles. The van der Waals surface area contributed by atoms with Gasteiger partial charge in [-0.25, -0.2) is 0 Å². The first kappa shape index (κ1) is 13.2. The van der Waals surface area contributed by atoms with Crippen molar-refractivity contribution < 1.29 is 9.90 Å². The van der Waals surface area contributed by atoms with Gasteiger partial charge in [0, 0.05) is 22.5 Å². The lowest BCUT2D eigenvalue weighted by molar-refractivity contribution is -0.140. The zero-order valence-electron chi connectivity index (χ0n) is 11.3. The number of carboxylic acid groups (broad SMARTS) is 1. The van der Waals surface area contributed by atoms with Crippen LogP contribution in [0.5, 0.6) is 0 Å². The van der Waals surface area contributed by atoms with Gasteiger partial charge in [0.25, 0.3) is 0 Å². The van der Waals surface area contributed by atoms with Gasteiger partial charge >= 0.3 is 5.97 Å². The van der Waals surface area contributed by atoms with E-state index in [-0.39, 0.29) is 6.04 Å². The molecular weight excluding hydrogens is 264 g/mol. The summed E-state index contributed by atoms with van der Waals surface area (Å²) in [6, 6.07) is 13.6. The largest absolute Gasteiger partial charge is 0.481 e. The van der Waals surface area contributed by atoms with Gasteiger partial charge in [-0.1, -0.05) is 36.4 Å². The second kappa shape index (κ2) is 5.29. The summed E-state index contributed by atoms with van der Waals surface area (Å²) in [7, 11) is 0. The predicted molar refractivity (Wildman–Crippen MR) is 81.0 cm³/mol. The normalized spacial score (nSPS) is 20.3. The van der Waals surface area contributed by atoms with E-state index in [2.05, 4.69) is 11.4 Å². The summed E-state index contributed by atoms with van der Waals surface area (Å²) >= 11 is 0. The SMILES string of the molecule is N#Cc1ccc(NC2C=CC(C(=O)O)C2)c2ccccc12. The molecule has 0 heterocycles. The topological polar surface area (TPSA) is 73.1 Å². The number of carboxylic acids is 1. The van der Waals surface area contributed by atoms with Crippen molar-refractivity contribution in [2.24, 2.45) is 5.92 Å². The van der Waals surface area contributed by atoms with Gasteiger partial charge in [0.15, 0.2) is 0 Å². The van der Waals surface area contributed by atoms with Gasteiger partial charge < -0.3 is 10.4 Å². The standard InChI is InChI=1S/C17H14N2O2/c18-10-12-6-8-16(15-4-2-1-3-14(12)15)19-13-7-5-11(9-13)17(20)21/h1-8,11,13,19H,9H2,(H,20,21). The molecule has 0 aromatic heterocycles. The summed E-state index contributed by atoms with van der Waals surface area (Å²) in [6.45, 7) is 0. The third-order valence-corrected chi connectivity index (χ3v) is 3.79. The van der Waals surface area contributed by atoms with Crippen LogP contribution in [0.25, 0.3) is 10.8 Å². The highest BCUT2D eigenvalue weighted by Crippen LogP contribution is 2.29. The van der Waals surface area contributed by atoms with E-state index in [0.717, 1.165) is 16.5 Å². The van der Waals surface area contributed by atoms with E-state index in [0.29, 0.717) is 12.0 Å². The summed E-state index contributed by atoms with van der Waals surface area (Å²) in [5.41, 5.74) is 1.56. The van der Waals surface area contributed by atoms with Gasteiger partial charge in [0.2, 0.25) is 0 Å².